The number of nitrogens with zero attached hydrogens (tertiary/aromatic N) is 4. The van der Waals surface area contributed by atoms with Gasteiger partial charge in [0.25, 0.3) is 0 Å². The Labute approximate surface area is 210 Å². The van der Waals surface area contributed by atoms with Gasteiger partial charge in [-0.15, -0.1) is 0 Å². The second-order valence-electron chi connectivity index (χ2n) is 9.02. The van der Waals surface area contributed by atoms with Gasteiger partial charge in [0.15, 0.2) is 0 Å². The SMILES string of the molecule is Fc1ccc(Nc2ncnc3cc(N4CCCCC4)c(OCCCN4CCOCC4)cc23)cc1Cl. The van der Waals surface area contributed by atoms with Crippen molar-refractivity contribution in [2.45, 2.75) is 25.7 Å². The fraction of sp³-hybridized carbons (Fsp3) is 0.462. The molecule has 0 unspecified atom stereocenters. The molecule has 1 N–H and O–H groups in total. The molecule has 5 rings (SSSR count). The van der Waals surface area contributed by atoms with Gasteiger partial charge < -0.3 is 19.7 Å². The number of morpholine rings is 1. The molecule has 2 fully saturated rings. The molecule has 0 saturated carbocycles. The first-order valence-corrected chi connectivity index (χ1v) is 12.7. The zero-order valence-corrected chi connectivity index (χ0v) is 20.6. The van der Waals surface area contributed by atoms with Crippen LogP contribution in [0, 0.1) is 5.82 Å². The van der Waals surface area contributed by atoms with Crippen molar-refractivity contribution in [1.29, 1.82) is 0 Å². The lowest BCUT2D eigenvalue weighted by molar-refractivity contribution is 0.0358. The molecule has 0 spiro atoms. The normalized spacial score (nSPS) is 17.0. The first-order valence-electron chi connectivity index (χ1n) is 12.4. The zero-order chi connectivity index (χ0) is 24.0. The van der Waals surface area contributed by atoms with E-state index in [2.05, 4.69) is 31.2 Å². The lowest BCUT2D eigenvalue weighted by atomic mass is 10.1. The van der Waals surface area contributed by atoms with Crippen LogP contribution in [0.2, 0.25) is 5.02 Å². The van der Waals surface area contributed by atoms with Crippen molar-refractivity contribution in [1.82, 2.24) is 14.9 Å². The third-order valence-electron chi connectivity index (χ3n) is 6.58. The van der Waals surface area contributed by atoms with Crippen LogP contribution in [-0.2, 0) is 4.74 Å². The molecule has 7 nitrogen and oxygen atoms in total. The van der Waals surface area contributed by atoms with Crippen LogP contribution in [0.3, 0.4) is 0 Å². The van der Waals surface area contributed by atoms with Crippen molar-refractivity contribution in [3.63, 3.8) is 0 Å². The molecule has 2 aliphatic heterocycles. The van der Waals surface area contributed by atoms with Gasteiger partial charge in [0.05, 0.1) is 36.0 Å². The smallest absolute Gasteiger partial charge is 0.143 e. The van der Waals surface area contributed by atoms with Crippen molar-refractivity contribution >= 4 is 39.7 Å². The summed E-state index contributed by atoms with van der Waals surface area (Å²) in [6, 6.07) is 8.66. The summed E-state index contributed by atoms with van der Waals surface area (Å²) in [5, 5.41) is 4.17. The highest BCUT2D eigenvalue weighted by Crippen LogP contribution is 2.37. The number of hydrogen-bond acceptors (Lipinski definition) is 7. The minimum Gasteiger partial charge on any atom is -0.491 e. The average Bonchev–Trinajstić information content (AvgIpc) is 2.90. The lowest BCUT2D eigenvalue weighted by Crippen LogP contribution is -2.37. The van der Waals surface area contributed by atoms with E-state index in [1.165, 1.54) is 25.3 Å². The Kier molecular flexibility index (Phi) is 7.81. The van der Waals surface area contributed by atoms with Gasteiger partial charge in [-0.25, -0.2) is 14.4 Å². The number of anilines is 3. The molecule has 0 aliphatic carbocycles. The van der Waals surface area contributed by atoms with Gasteiger partial charge in [0.2, 0.25) is 0 Å². The minimum atomic E-state index is -0.455. The Balaban J connectivity index is 1.40. The zero-order valence-electron chi connectivity index (χ0n) is 19.8. The lowest BCUT2D eigenvalue weighted by Gasteiger charge is -2.31. The Morgan fingerprint density at radius 1 is 1.03 bits per heavy atom. The van der Waals surface area contributed by atoms with E-state index in [9.17, 15) is 4.39 Å². The van der Waals surface area contributed by atoms with Crippen LogP contribution in [-0.4, -0.2) is 67.4 Å². The van der Waals surface area contributed by atoms with E-state index in [1.54, 1.807) is 18.5 Å². The molecule has 2 saturated heterocycles. The predicted octanol–water partition coefficient (Wildman–Crippen LogP) is 5.26. The third-order valence-corrected chi connectivity index (χ3v) is 6.86. The molecule has 1 aromatic heterocycles. The van der Waals surface area contributed by atoms with Crippen LogP contribution in [0.1, 0.15) is 25.7 Å². The summed E-state index contributed by atoms with van der Waals surface area (Å²) in [7, 11) is 0. The number of piperidine rings is 1. The number of halogens is 2. The molecule has 0 amide bonds. The molecule has 35 heavy (non-hydrogen) atoms. The number of fused-ring (bicyclic) bond motifs is 1. The first kappa shape index (κ1) is 24.0. The summed E-state index contributed by atoms with van der Waals surface area (Å²) in [6.45, 7) is 7.23. The number of rotatable bonds is 8. The van der Waals surface area contributed by atoms with E-state index in [0.29, 0.717) is 18.1 Å². The molecule has 3 aromatic rings. The number of nitrogens with one attached hydrogen (secondary N) is 1. The molecule has 3 heterocycles. The molecular weight excluding hydrogens is 469 g/mol. The number of aromatic nitrogens is 2. The molecule has 2 aromatic carbocycles. The van der Waals surface area contributed by atoms with E-state index >= 15 is 0 Å². The van der Waals surface area contributed by atoms with E-state index in [1.807, 2.05) is 6.07 Å². The third kappa shape index (κ3) is 5.94. The summed E-state index contributed by atoms with van der Waals surface area (Å²) < 4.78 is 25.4. The van der Waals surface area contributed by atoms with Crippen molar-refractivity contribution in [2.24, 2.45) is 0 Å². The van der Waals surface area contributed by atoms with Crippen molar-refractivity contribution in [3.8, 4) is 5.75 Å². The highest BCUT2D eigenvalue weighted by Gasteiger charge is 2.19. The van der Waals surface area contributed by atoms with Crippen molar-refractivity contribution in [3.05, 3.63) is 47.5 Å². The molecular formula is C26H31ClFN5O2. The summed E-state index contributed by atoms with van der Waals surface area (Å²) in [4.78, 5) is 13.8. The largest absolute Gasteiger partial charge is 0.491 e. The van der Waals surface area contributed by atoms with E-state index in [4.69, 9.17) is 21.1 Å². The first-order chi connectivity index (χ1) is 17.2. The summed E-state index contributed by atoms with van der Waals surface area (Å²) in [5.41, 5.74) is 2.57. The molecule has 0 atom stereocenters. The topological polar surface area (TPSA) is 62.8 Å². The van der Waals surface area contributed by atoms with Crippen LogP contribution in [0.15, 0.2) is 36.7 Å². The van der Waals surface area contributed by atoms with E-state index < -0.39 is 5.82 Å². The highest BCUT2D eigenvalue weighted by atomic mass is 35.5. The Morgan fingerprint density at radius 3 is 2.66 bits per heavy atom. The fourth-order valence-electron chi connectivity index (χ4n) is 4.67. The molecule has 2 aliphatic rings. The molecule has 0 radical (unpaired) electrons. The van der Waals surface area contributed by atoms with Gasteiger partial charge in [0.1, 0.15) is 23.7 Å². The maximum atomic E-state index is 13.6. The van der Waals surface area contributed by atoms with Gasteiger partial charge in [0, 0.05) is 43.8 Å². The monoisotopic (exact) mass is 499 g/mol. The summed E-state index contributed by atoms with van der Waals surface area (Å²) >= 11 is 5.97. The number of benzene rings is 2. The van der Waals surface area contributed by atoms with Crippen LogP contribution < -0.4 is 15.0 Å². The van der Waals surface area contributed by atoms with Gasteiger partial charge in [-0.3, -0.25) is 4.90 Å². The van der Waals surface area contributed by atoms with Gasteiger partial charge in [-0.2, -0.15) is 0 Å². The number of hydrogen-bond donors (Lipinski definition) is 1. The Hall–Kier alpha value is -2.68. The minimum absolute atomic E-state index is 0.0602. The molecule has 9 heteroatoms. The van der Waals surface area contributed by atoms with Gasteiger partial charge >= 0.3 is 0 Å². The quantitative estimate of drug-likeness (QED) is 0.424. The highest BCUT2D eigenvalue weighted by molar-refractivity contribution is 6.31. The summed E-state index contributed by atoms with van der Waals surface area (Å²) in [6.07, 6.45) is 6.10. The van der Waals surface area contributed by atoms with E-state index in [-0.39, 0.29) is 5.02 Å². The fourth-order valence-corrected chi connectivity index (χ4v) is 4.86. The Bertz CT molecular complexity index is 1150. The second kappa shape index (κ2) is 11.4. The maximum Gasteiger partial charge on any atom is 0.143 e. The molecule has 186 valence electrons. The van der Waals surface area contributed by atoms with E-state index in [0.717, 1.165) is 74.7 Å². The van der Waals surface area contributed by atoms with Gasteiger partial charge in [-0.1, -0.05) is 11.6 Å². The van der Waals surface area contributed by atoms with Gasteiger partial charge in [-0.05, 0) is 56.0 Å². The Morgan fingerprint density at radius 2 is 1.86 bits per heavy atom. The molecule has 0 bridgehead atoms. The van der Waals surface area contributed by atoms with Crippen molar-refractivity contribution in [2.75, 3.05) is 62.8 Å². The second-order valence-corrected chi connectivity index (χ2v) is 9.42. The average molecular weight is 500 g/mol. The standard InChI is InChI=1S/C26H31ClFN5O2/c27-21-15-19(5-6-22(21)28)31-26-20-16-25(35-12-4-7-32-10-13-34-14-11-32)24(17-23(20)29-18-30-26)33-8-2-1-3-9-33/h5-6,15-18H,1-4,7-14H2,(H,29,30,31). The van der Waals surface area contributed by atoms with Crippen molar-refractivity contribution < 1.29 is 13.9 Å². The summed E-state index contributed by atoms with van der Waals surface area (Å²) in [5.74, 6) is 1.01. The van der Waals surface area contributed by atoms with Crippen LogP contribution in [0.25, 0.3) is 10.9 Å². The maximum absolute atomic E-state index is 13.6. The predicted molar refractivity (Wildman–Crippen MR) is 138 cm³/mol. The number of ether oxygens (including phenoxy) is 2. The van der Waals surface area contributed by atoms with Crippen LogP contribution in [0.4, 0.5) is 21.6 Å². The van der Waals surface area contributed by atoms with Crippen LogP contribution in [0.5, 0.6) is 5.75 Å². The van der Waals surface area contributed by atoms with Crippen LogP contribution >= 0.6 is 11.6 Å².